The van der Waals surface area contributed by atoms with E-state index in [4.69, 9.17) is 4.74 Å². The van der Waals surface area contributed by atoms with Gasteiger partial charge in [0.1, 0.15) is 5.75 Å². The van der Waals surface area contributed by atoms with Gasteiger partial charge in [-0.25, -0.2) is 0 Å². The minimum atomic E-state index is -0.189. The van der Waals surface area contributed by atoms with E-state index >= 15 is 0 Å². The molecule has 1 aromatic carbocycles. The zero-order chi connectivity index (χ0) is 13.5. The summed E-state index contributed by atoms with van der Waals surface area (Å²) in [5.41, 5.74) is 0.738. The molecule has 1 amide bonds. The van der Waals surface area contributed by atoms with Crippen molar-refractivity contribution in [2.75, 3.05) is 25.0 Å². The summed E-state index contributed by atoms with van der Waals surface area (Å²) in [5, 5.41) is 5.87. The van der Waals surface area contributed by atoms with Crippen LogP contribution in [0.3, 0.4) is 0 Å². The summed E-state index contributed by atoms with van der Waals surface area (Å²) in [4.78, 5) is 16.2. The number of hydrogen-bond donors (Lipinski definition) is 2. The van der Waals surface area contributed by atoms with Gasteiger partial charge in [0.15, 0.2) is 5.84 Å². The Labute approximate surface area is 113 Å². The quantitative estimate of drug-likeness (QED) is 0.868. The number of carbonyl (C=O) groups is 1. The van der Waals surface area contributed by atoms with Crippen molar-refractivity contribution < 1.29 is 9.53 Å². The first-order valence-electron chi connectivity index (χ1n) is 6.62. The Bertz CT molecular complexity index is 454. The number of hydrogen-bond acceptors (Lipinski definition) is 4. The molecule has 19 heavy (non-hydrogen) atoms. The molecule has 0 spiro atoms. The Morgan fingerprint density at radius 3 is 2.89 bits per heavy atom. The molecule has 0 saturated carbocycles. The Morgan fingerprint density at radius 2 is 2.16 bits per heavy atom. The largest absolute Gasteiger partial charge is 0.494 e. The number of aliphatic imine (C=N–C) groups is 1. The third kappa shape index (κ3) is 3.98. The zero-order valence-corrected chi connectivity index (χ0v) is 11.1. The molecule has 1 heterocycles. The maximum atomic E-state index is 12.0. The normalized spacial score (nSPS) is 14.9. The summed E-state index contributed by atoms with van der Waals surface area (Å²) in [6.45, 7) is 4.08. The van der Waals surface area contributed by atoms with Crippen LogP contribution in [-0.2, 0) is 4.79 Å². The van der Waals surface area contributed by atoms with E-state index < -0.39 is 0 Å². The van der Waals surface area contributed by atoms with Crippen LogP contribution < -0.4 is 15.4 Å². The fourth-order valence-electron chi connectivity index (χ4n) is 1.83. The fraction of sp³-hybridized carbons (Fsp3) is 0.429. The van der Waals surface area contributed by atoms with Gasteiger partial charge in [-0.3, -0.25) is 9.79 Å². The second-order valence-electron chi connectivity index (χ2n) is 4.28. The van der Waals surface area contributed by atoms with Crippen LogP contribution in [0.15, 0.2) is 29.3 Å². The molecule has 0 fully saturated rings. The first-order valence-corrected chi connectivity index (χ1v) is 6.62. The second-order valence-corrected chi connectivity index (χ2v) is 4.28. The van der Waals surface area contributed by atoms with E-state index in [0.29, 0.717) is 19.0 Å². The van der Waals surface area contributed by atoms with Gasteiger partial charge >= 0.3 is 0 Å². The highest BCUT2D eigenvalue weighted by atomic mass is 16.5. The van der Waals surface area contributed by atoms with E-state index in [9.17, 15) is 4.79 Å². The molecule has 0 saturated heterocycles. The summed E-state index contributed by atoms with van der Waals surface area (Å²) < 4.78 is 5.35. The van der Waals surface area contributed by atoms with Gasteiger partial charge in [-0.05, 0) is 44.0 Å². The SMILES string of the molecule is CCOc1ccc(NC(=O)C2=NCCCCN2)cc1. The highest BCUT2D eigenvalue weighted by Gasteiger charge is 2.12. The Balaban J connectivity index is 1.96. The van der Waals surface area contributed by atoms with Crippen molar-refractivity contribution in [3.8, 4) is 5.75 Å². The number of rotatable bonds is 4. The van der Waals surface area contributed by atoms with Gasteiger partial charge in [-0.15, -0.1) is 0 Å². The van der Waals surface area contributed by atoms with Crippen molar-refractivity contribution in [2.45, 2.75) is 19.8 Å². The fourth-order valence-corrected chi connectivity index (χ4v) is 1.83. The summed E-state index contributed by atoms with van der Waals surface area (Å²) in [6, 6.07) is 7.31. The summed E-state index contributed by atoms with van der Waals surface area (Å²) in [5.74, 6) is 1.03. The van der Waals surface area contributed by atoms with E-state index in [1.54, 1.807) is 0 Å². The van der Waals surface area contributed by atoms with Gasteiger partial charge in [0.05, 0.1) is 6.61 Å². The average Bonchev–Trinajstić information content (AvgIpc) is 2.70. The number of amides is 1. The summed E-state index contributed by atoms with van der Waals surface area (Å²) >= 11 is 0. The molecule has 2 N–H and O–H groups in total. The van der Waals surface area contributed by atoms with Gasteiger partial charge in [-0.1, -0.05) is 0 Å². The average molecular weight is 261 g/mol. The van der Waals surface area contributed by atoms with E-state index in [2.05, 4.69) is 15.6 Å². The van der Waals surface area contributed by atoms with Crippen LogP contribution >= 0.6 is 0 Å². The lowest BCUT2D eigenvalue weighted by Gasteiger charge is -2.09. The van der Waals surface area contributed by atoms with Crippen LogP contribution in [0.5, 0.6) is 5.75 Å². The maximum Gasteiger partial charge on any atom is 0.290 e. The van der Waals surface area contributed by atoms with E-state index in [1.807, 2.05) is 31.2 Å². The summed E-state index contributed by atoms with van der Waals surface area (Å²) in [7, 11) is 0. The van der Waals surface area contributed by atoms with Crippen LogP contribution in [0.25, 0.3) is 0 Å². The van der Waals surface area contributed by atoms with E-state index in [-0.39, 0.29) is 5.91 Å². The van der Waals surface area contributed by atoms with Gasteiger partial charge in [0, 0.05) is 18.8 Å². The molecule has 5 nitrogen and oxygen atoms in total. The number of carbonyl (C=O) groups excluding carboxylic acids is 1. The first kappa shape index (κ1) is 13.4. The van der Waals surface area contributed by atoms with Crippen LogP contribution in [0.4, 0.5) is 5.69 Å². The van der Waals surface area contributed by atoms with Crippen molar-refractivity contribution in [3.05, 3.63) is 24.3 Å². The third-order valence-electron chi connectivity index (χ3n) is 2.79. The highest BCUT2D eigenvalue weighted by molar-refractivity contribution is 6.42. The molecule has 0 unspecified atom stereocenters. The maximum absolute atomic E-state index is 12.0. The predicted molar refractivity (Wildman–Crippen MR) is 75.8 cm³/mol. The van der Waals surface area contributed by atoms with Crippen molar-refractivity contribution in [3.63, 3.8) is 0 Å². The van der Waals surface area contributed by atoms with Crippen LogP contribution in [0, 0.1) is 0 Å². The lowest BCUT2D eigenvalue weighted by atomic mass is 10.3. The van der Waals surface area contributed by atoms with Gasteiger partial charge in [0.25, 0.3) is 5.91 Å². The number of ether oxygens (including phenoxy) is 1. The smallest absolute Gasteiger partial charge is 0.290 e. The Kier molecular flexibility index (Phi) is 4.78. The van der Waals surface area contributed by atoms with Crippen LogP contribution in [0.2, 0.25) is 0 Å². The summed E-state index contributed by atoms with van der Waals surface area (Å²) in [6.07, 6.45) is 2.07. The topological polar surface area (TPSA) is 62.7 Å². The first-order chi connectivity index (χ1) is 9.29. The van der Waals surface area contributed by atoms with Crippen molar-refractivity contribution >= 4 is 17.4 Å². The Hall–Kier alpha value is -2.04. The van der Waals surface area contributed by atoms with Crippen molar-refractivity contribution in [1.82, 2.24) is 5.32 Å². The highest BCUT2D eigenvalue weighted by Crippen LogP contribution is 2.15. The molecule has 0 aliphatic carbocycles. The van der Waals surface area contributed by atoms with Crippen molar-refractivity contribution in [1.29, 1.82) is 0 Å². The number of benzene rings is 1. The third-order valence-corrected chi connectivity index (χ3v) is 2.79. The Morgan fingerprint density at radius 1 is 1.37 bits per heavy atom. The molecule has 0 bridgehead atoms. The molecule has 2 rings (SSSR count). The number of nitrogens with one attached hydrogen (secondary N) is 2. The van der Waals surface area contributed by atoms with E-state index in [1.165, 1.54) is 0 Å². The minimum Gasteiger partial charge on any atom is -0.494 e. The lowest BCUT2D eigenvalue weighted by molar-refractivity contribution is -0.110. The molecular formula is C14H19N3O2. The van der Waals surface area contributed by atoms with E-state index in [0.717, 1.165) is 30.8 Å². The van der Waals surface area contributed by atoms with Gasteiger partial charge in [0.2, 0.25) is 0 Å². The molecule has 0 atom stereocenters. The monoisotopic (exact) mass is 261 g/mol. The van der Waals surface area contributed by atoms with Gasteiger partial charge < -0.3 is 15.4 Å². The molecule has 1 aliphatic rings. The standard InChI is InChI=1S/C14H19N3O2/c1-2-19-12-7-5-11(6-8-12)17-14(18)13-15-9-3-4-10-16-13/h5-8H,2-4,9-10H2,1H3,(H,15,16)(H,17,18). The number of amidine groups is 1. The van der Waals surface area contributed by atoms with Gasteiger partial charge in [-0.2, -0.15) is 0 Å². The molecular weight excluding hydrogens is 242 g/mol. The molecule has 5 heteroatoms. The van der Waals surface area contributed by atoms with Crippen LogP contribution in [-0.4, -0.2) is 31.4 Å². The lowest BCUT2D eigenvalue weighted by Crippen LogP contribution is -2.35. The minimum absolute atomic E-state index is 0.189. The van der Waals surface area contributed by atoms with Crippen LogP contribution in [0.1, 0.15) is 19.8 Å². The second kappa shape index (κ2) is 6.78. The number of anilines is 1. The zero-order valence-electron chi connectivity index (χ0n) is 11.1. The van der Waals surface area contributed by atoms with Crippen molar-refractivity contribution in [2.24, 2.45) is 4.99 Å². The molecule has 1 aliphatic heterocycles. The molecule has 102 valence electrons. The predicted octanol–water partition coefficient (Wildman–Crippen LogP) is 1.81. The number of nitrogens with zero attached hydrogens (tertiary/aromatic N) is 1. The molecule has 1 aromatic rings. The molecule has 0 radical (unpaired) electrons. The molecule has 0 aromatic heterocycles.